The number of halogens is 1. The topological polar surface area (TPSA) is 35.6 Å². The van der Waals surface area contributed by atoms with Crippen LogP contribution in [0.2, 0.25) is 5.02 Å². The standard InChI is InChI=1S/C15H20ClN3O/c1-11-2-3-13(14(16)8-11)15(20)19-9-12(10-19)18-6-4-17-5-7-18/h2-3,8,12,17H,4-7,9-10H2,1H3. The molecule has 2 saturated heterocycles. The first-order valence-electron chi connectivity index (χ1n) is 7.15. The fourth-order valence-electron chi connectivity index (χ4n) is 2.86. The van der Waals surface area contributed by atoms with Crippen molar-refractivity contribution in [2.24, 2.45) is 0 Å². The molecule has 2 aliphatic rings. The molecule has 1 aromatic rings. The molecule has 0 radical (unpaired) electrons. The van der Waals surface area contributed by atoms with Gasteiger partial charge in [0.1, 0.15) is 0 Å². The van der Waals surface area contributed by atoms with E-state index in [9.17, 15) is 4.79 Å². The molecule has 2 aliphatic heterocycles. The fraction of sp³-hybridized carbons (Fsp3) is 0.533. The third-order valence-corrected chi connectivity index (χ3v) is 4.49. The number of amides is 1. The Morgan fingerprint density at radius 3 is 2.65 bits per heavy atom. The summed E-state index contributed by atoms with van der Waals surface area (Å²) in [5.74, 6) is 0.0568. The summed E-state index contributed by atoms with van der Waals surface area (Å²) in [5.41, 5.74) is 1.70. The molecule has 108 valence electrons. The molecule has 0 unspecified atom stereocenters. The lowest BCUT2D eigenvalue weighted by atomic mass is 10.0. The lowest BCUT2D eigenvalue weighted by Crippen LogP contribution is -2.63. The average molecular weight is 294 g/mol. The largest absolute Gasteiger partial charge is 0.335 e. The van der Waals surface area contributed by atoms with Gasteiger partial charge in [-0.3, -0.25) is 9.69 Å². The van der Waals surface area contributed by atoms with E-state index in [1.165, 1.54) is 0 Å². The maximum absolute atomic E-state index is 12.4. The van der Waals surface area contributed by atoms with Gasteiger partial charge in [0.25, 0.3) is 5.91 Å². The SMILES string of the molecule is Cc1ccc(C(=O)N2CC(N3CCNCC3)C2)c(Cl)c1. The Hall–Kier alpha value is -1.10. The Balaban J connectivity index is 1.60. The van der Waals surface area contributed by atoms with Crippen LogP contribution in [0, 0.1) is 6.92 Å². The zero-order valence-corrected chi connectivity index (χ0v) is 12.5. The van der Waals surface area contributed by atoms with Gasteiger partial charge in [-0.25, -0.2) is 0 Å². The van der Waals surface area contributed by atoms with Crippen LogP contribution in [0.25, 0.3) is 0 Å². The summed E-state index contributed by atoms with van der Waals surface area (Å²) in [7, 11) is 0. The van der Waals surface area contributed by atoms with Gasteiger partial charge in [-0.2, -0.15) is 0 Å². The van der Waals surface area contributed by atoms with Crippen LogP contribution in [0.5, 0.6) is 0 Å². The molecule has 5 heteroatoms. The fourth-order valence-corrected chi connectivity index (χ4v) is 3.18. The van der Waals surface area contributed by atoms with Crippen LogP contribution in [0.3, 0.4) is 0 Å². The van der Waals surface area contributed by atoms with E-state index in [1.807, 2.05) is 30.0 Å². The molecule has 1 N–H and O–H groups in total. The molecule has 1 aromatic carbocycles. The molecule has 0 atom stereocenters. The second kappa shape index (κ2) is 5.72. The van der Waals surface area contributed by atoms with Crippen molar-refractivity contribution in [2.45, 2.75) is 13.0 Å². The Bertz CT molecular complexity index is 508. The number of aryl methyl sites for hydroxylation is 1. The summed E-state index contributed by atoms with van der Waals surface area (Å²) in [5, 5.41) is 3.91. The number of nitrogens with zero attached hydrogens (tertiary/aromatic N) is 2. The van der Waals surface area contributed by atoms with Gasteiger partial charge in [-0.15, -0.1) is 0 Å². The molecule has 0 bridgehead atoms. The van der Waals surface area contributed by atoms with Crippen molar-refractivity contribution in [1.82, 2.24) is 15.1 Å². The minimum atomic E-state index is 0.0568. The van der Waals surface area contributed by atoms with E-state index in [0.717, 1.165) is 44.8 Å². The zero-order chi connectivity index (χ0) is 14.1. The van der Waals surface area contributed by atoms with Gasteiger partial charge in [0.2, 0.25) is 0 Å². The van der Waals surface area contributed by atoms with Crippen LogP contribution in [-0.4, -0.2) is 61.0 Å². The third kappa shape index (κ3) is 2.68. The minimum absolute atomic E-state index is 0.0568. The molecule has 2 heterocycles. The number of hydrogen-bond donors (Lipinski definition) is 1. The van der Waals surface area contributed by atoms with Crippen LogP contribution in [-0.2, 0) is 0 Å². The van der Waals surface area contributed by atoms with Crippen LogP contribution >= 0.6 is 11.6 Å². The van der Waals surface area contributed by atoms with E-state index in [4.69, 9.17) is 11.6 Å². The van der Waals surface area contributed by atoms with Gasteiger partial charge in [0.05, 0.1) is 10.6 Å². The van der Waals surface area contributed by atoms with Gasteiger partial charge in [-0.05, 0) is 24.6 Å². The Morgan fingerprint density at radius 2 is 2.00 bits per heavy atom. The predicted molar refractivity (Wildman–Crippen MR) is 80.3 cm³/mol. The number of nitrogens with one attached hydrogen (secondary N) is 1. The molecule has 1 amide bonds. The highest BCUT2D eigenvalue weighted by atomic mass is 35.5. The zero-order valence-electron chi connectivity index (χ0n) is 11.7. The molecule has 20 heavy (non-hydrogen) atoms. The number of hydrogen-bond acceptors (Lipinski definition) is 3. The third-order valence-electron chi connectivity index (χ3n) is 4.17. The Morgan fingerprint density at radius 1 is 1.30 bits per heavy atom. The average Bonchev–Trinajstić information content (AvgIpc) is 2.38. The minimum Gasteiger partial charge on any atom is -0.335 e. The lowest BCUT2D eigenvalue weighted by Gasteiger charge is -2.46. The van der Waals surface area contributed by atoms with E-state index in [2.05, 4.69) is 10.2 Å². The molecule has 0 saturated carbocycles. The van der Waals surface area contributed by atoms with Gasteiger partial charge in [0.15, 0.2) is 0 Å². The van der Waals surface area contributed by atoms with Crippen molar-refractivity contribution < 1.29 is 4.79 Å². The molecule has 0 spiro atoms. The second-order valence-electron chi connectivity index (χ2n) is 5.63. The number of benzene rings is 1. The maximum Gasteiger partial charge on any atom is 0.255 e. The van der Waals surface area contributed by atoms with Crippen LogP contribution in [0.15, 0.2) is 18.2 Å². The summed E-state index contributed by atoms with van der Waals surface area (Å²) < 4.78 is 0. The van der Waals surface area contributed by atoms with E-state index < -0.39 is 0 Å². The number of carbonyl (C=O) groups is 1. The first-order valence-corrected chi connectivity index (χ1v) is 7.53. The normalized spacial score (nSPS) is 20.8. The van der Waals surface area contributed by atoms with Crippen molar-refractivity contribution >= 4 is 17.5 Å². The number of carbonyl (C=O) groups excluding carboxylic acids is 1. The first-order chi connectivity index (χ1) is 9.65. The van der Waals surface area contributed by atoms with Crippen LogP contribution in [0.1, 0.15) is 15.9 Å². The van der Waals surface area contributed by atoms with E-state index in [1.54, 1.807) is 0 Å². The van der Waals surface area contributed by atoms with Crippen molar-refractivity contribution in [2.75, 3.05) is 39.3 Å². The van der Waals surface area contributed by atoms with Crippen molar-refractivity contribution in [3.8, 4) is 0 Å². The number of likely N-dealkylation sites (tertiary alicyclic amines) is 1. The second-order valence-corrected chi connectivity index (χ2v) is 6.04. The van der Waals surface area contributed by atoms with Gasteiger partial charge in [0, 0.05) is 45.3 Å². The molecule has 0 aromatic heterocycles. The highest BCUT2D eigenvalue weighted by molar-refractivity contribution is 6.33. The smallest absolute Gasteiger partial charge is 0.255 e. The van der Waals surface area contributed by atoms with Gasteiger partial charge in [-0.1, -0.05) is 17.7 Å². The van der Waals surface area contributed by atoms with E-state index in [0.29, 0.717) is 16.6 Å². The van der Waals surface area contributed by atoms with Crippen LogP contribution in [0.4, 0.5) is 0 Å². The monoisotopic (exact) mass is 293 g/mol. The predicted octanol–water partition coefficient (Wildman–Crippen LogP) is 1.38. The maximum atomic E-state index is 12.4. The van der Waals surface area contributed by atoms with Crippen molar-refractivity contribution in [3.05, 3.63) is 34.3 Å². The molecule has 0 aliphatic carbocycles. The summed E-state index contributed by atoms with van der Waals surface area (Å²) >= 11 is 6.17. The quantitative estimate of drug-likeness (QED) is 0.895. The molecular weight excluding hydrogens is 274 g/mol. The summed E-state index contributed by atoms with van der Waals surface area (Å²) in [6.07, 6.45) is 0. The molecular formula is C15H20ClN3O. The van der Waals surface area contributed by atoms with Crippen LogP contribution < -0.4 is 5.32 Å². The van der Waals surface area contributed by atoms with Gasteiger partial charge >= 0.3 is 0 Å². The highest BCUT2D eigenvalue weighted by Gasteiger charge is 2.35. The van der Waals surface area contributed by atoms with E-state index in [-0.39, 0.29) is 5.91 Å². The van der Waals surface area contributed by atoms with Gasteiger partial charge < -0.3 is 10.2 Å². The molecule has 4 nitrogen and oxygen atoms in total. The molecule has 3 rings (SSSR count). The lowest BCUT2D eigenvalue weighted by molar-refractivity contribution is 0.0227. The number of piperazine rings is 1. The van der Waals surface area contributed by atoms with Crippen molar-refractivity contribution in [3.63, 3.8) is 0 Å². The highest BCUT2D eigenvalue weighted by Crippen LogP contribution is 2.23. The number of rotatable bonds is 2. The summed E-state index contributed by atoms with van der Waals surface area (Å²) in [6.45, 7) is 7.88. The van der Waals surface area contributed by atoms with Crippen molar-refractivity contribution in [1.29, 1.82) is 0 Å². The Labute approximate surface area is 124 Å². The first kappa shape index (κ1) is 13.9. The Kier molecular flexibility index (Phi) is 3.96. The van der Waals surface area contributed by atoms with E-state index >= 15 is 0 Å². The summed E-state index contributed by atoms with van der Waals surface area (Å²) in [6, 6.07) is 6.14. The summed E-state index contributed by atoms with van der Waals surface area (Å²) in [4.78, 5) is 16.8. The molecule has 2 fully saturated rings.